The second-order valence-corrected chi connectivity index (χ2v) is 6.45. The van der Waals surface area contributed by atoms with E-state index in [9.17, 15) is 9.59 Å². The lowest BCUT2D eigenvalue weighted by atomic mass is 9.81. The van der Waals surface area contributed by atoms with Gasteiger partial charge in [0.1, 0.15) is 12.1 Å². The Bertz CT molecular complexity index is 430. The predicted molar refractivity (Wildman–Crippen MR) is 83.9 cm³/mol. The minimum absolute atomic E-state index is 0.00993. The molecule has 1 aliphatic carbocycles. The van der Waals surface area contributed by atoms with Crippen molar-refractivity contribution in [2.24, 2.45) is 5.92 Å². The summed E-state index contributed by atoms with van der Waals surface area (Å²) in [6.45, 7) is 4.27. The van der Waals surface area contributed by atoms with Crippen LogP contribution in [0.4, 0.5) is 0 Å². The molecule has 1 saturated heterocycles. The summed E-state index contributed by atoms with van der Waals surface area (Å²) in [7, 11) is 0. The first-order valence-corrected chi connectivity index (χ1v) is 8.38. The number of nitrogens with one attached hydrogen (secondary N) is 1. The molecule has 0 aromatic heterocycles. The molecule has 1 N–H and O–H groups in total. The highest BCUT2D eigenvalue weighted by Gasteiger charge is 2.43. The summed E-state index contributed by atoms with van der Waals surface area (Å²) in [6.07, 6.45) is 6.22. The van der Waals surface area contributed by atoms with Crippen molar-refractivity contribution >= 4 is 23.4 Å². The van der Waals surface area contributed by atoms with Crippen LogP contribution in [-0.2, 0) is 9.59 Å². The first-order valence-electron chi connectivity index (χ1n) is 7.95. The molecule has 2 atom stereocenters. The van der Waals surface area contributed by atoms with Gasteiger partial charge in [-0.1, -0.05) is 37.8 Å². The summed E-state index contributed by atoms with van der Waals surface area (Å²) < 4.78 is 0. The van der Waals surface area contributed by atoms with Gasteiger partial charge in [0.25, 0.3) is 0 Å². The zero-order valence-corrected chi connectivity index (χ0v) is 13.7. The predicted octanol–water partition coefficient (Wildman–Crippen LogP) is 2.81. The first-order chi connectivity index (χ1) is 10.1. The molecular formula is C16H25ClN2O2. The molecule has 1 saturated carbocycles. The minimum atomic E-state index is -0.388. The van der Waals surface area contributed by atoms with Gasteiger partial charge in [-0.25, -0.2) is 0 Å². The molecule has 4 nitrogen and oxygen atoms in total. The number of amides is 2. The number of carbonyl (C=O) groups is 2. The number of piperazine rings is 1. The van der Waals surface area contributed by atoms with Crippen LogP contribution in [0.2, 0.25) is 0 Å². The number of halogens is 1. The van der Waals surface area contributed by atoms with E-state index >= 15 is 0 Å². The SMILES string of the molecule is CCC1NC(=O)C(C2CCCCC2)N(CC(C)=CCl)C1=O. The first kappa shape index (κ1) is 16.3. The van der Waals surface area contributed by atoms with E-state index in [1.54, 1.807) is 4.90 Å². The van der Waals surface area contributed by atoms with Gasteiger partial charge in [-0.15, -0.1) is 0 Å². The largest absolute Gasteiger partial charge is 0.343 e. The highest BCUT2D eigenvalue weighted by Crippen LogP contribution is 2.31. The molecular weight excluding hydrogens is 288 g/mol. The van der Waals surface area contributed by atoms with Gasteiger partial charge in [-0.2, -0.15) is 0 Å². The molecule has 2 unspecified atom stereocenters. The Labute approximate surface area is 131 Å². The van der Waals surface area contributed by atoms with Crippen molar-refractivity contribution in [2.75, 3.05) is 6.54 Å². The van der Waals surface area contributed by atoms with E-state index < -0.39 is 0 Å². The summed E-state index contributed by atoms with van der Waals surface area (Å²) >= 11 is 5.76. The zero-order valence-electron chi connectivity index (χ0n) is 12.9. The Balaban J connectivity index is 2.24. The smallest absolute Gasteiger partial charge is 0.246 e. The number of rotatable bonds is 4. The molecule has 2 amide bonds. The van der Waals surface area contributed by atoms with Crippen molar-refractivity contribution in [3.05, 3.63) is 11.1 Å². The third-order valence-electron chi connectivity index (χ3n) is 4.61. The van der Waals surface area contributed by atoms with E-state index in [4.69, 9.17) is 11.6 Å². The van der Waals surface area contributed by atoms with Gasteiger partial charge in [-0.05, 0) is 37.7 Å². The fourth-order valence-corrected chi connectivity index (χ4v) is 3.54. The average molecular weight is 313 g/mol. The van der Waals surface area contributed by atoms with Gasteiger partial charge in [-0.3, -0.25) is 9.59 Å². The maximum atomic E-state index is 12.6. The maximum absolute atomic E-state index is 12.6. The monoisotopic (exact) mass is 312 g/mol. The number of carbonyl (C=O) groups excluding carboxylic acids is 2. The van der Waals surface area contributed by atoms with Gasteiger partial charge in [0.05, 0.1) is 0 Å². The van der Waals surface area contributed by atoms with Gasteiger partial charge < -0.3 is 10.2 Å². The van der Waals surface area contributed by atoms with Gasteiger partial charge in [0, 0.05) is 12.1 Å². The fraction of sp³-hybridized carbons (Fsp3) is 0.750. The quantitative estimate of drug-likeness (QED) is 0.868. The summed E-state index contributed by atoms with van der Waals surface area (Å²) in [4.78, 5) is 26.9. The third-order valence-corrected chi connectivity index (χ3v) is 4.99. The molecule has 1 heterocycles. The normalized spacial score (nSPS) is 28.7. The number of nitrogens with zero attached hydrogens (tertiary/aromatic N) is 1. The van der Waals surface area contributed by atoms with Gasteiger partial charge in [0.2, 0.25) is 11.8 Å². The maximum Gasteiger partial charge on any atom is 0.246 e. The summed E-state index contributed by atoms with van der Waals surface area (Å²) in [6, 6.07) is -0.715. The van der Waals surface area contributed by atoms with Crippen molar-refractivity contribution in [3.8, 4) is 0 Å². The molecule has 0 spiro atoms. The van der Waals surface area contributed by atoms with Crippen LogP contribution in [0.25, 0.3) is 0 Å². The van der Waals surface area contributed by atoms with Crippen LogP contribution in [-0.4, -0.2) is 35.3 Å². The van der Waals surface area contributed by atoms with E-state index in [0.717, 1.165) is 31.3 Å². The molecule has 0 radical (unpaired) electrons. The molecule has 0 aromatic rings. The average Bonchev–Trinajstić information content (AvgIpc) is 2.51. The lowest BCUT2D eigenvalue weighted by Gasteiger charge is -2.43. The number of hydrogen-bond acceptors (Lipinski definition) is 2. The molecule has 21 heavy (non-hydrogen) atoms. The van der Waals surface area contributed by atoms with Gasteiger partial charge >= 0.3 is 0 Å². The van der Waals surface area contributed by atoms with Crippen LogP contribution in [0, 0.1) is 5.92 Å². The Hall–Kier alpha value is -1.03. The van der Waals surface area contributed by atoms with Crippen molar-refractivity contribution in [3.63, 3.8) is 0 Å². The highest BCUT2D eigenvalue weighted by atomic mass is 35.5. The number of hydrogen-bond donors (Lipinski definition) is 1. The van der Waals surface area contributed by atoms with Crippen molar-refractivity contribution in [1.82, 2.24) is 10.2 Å². The molecule has 2 fully saturated rings. The van der Waals surface area contributed by atoms with Crippen LogP contribution in [0.1, 0.15) is 52.4 Å². The molecule has 0 aromatic carbocycles. The second kappa shape index (κ2) is 7.30. The molecule has 2 rings (SSSR count). The lowest BCUT2D eigenvalue weighted by Crippen LogP contribution is -2.65. The van der Waals surface area contributed by atoms with E-state index in [-0.39, 0.29) is 29.8 Å². The summed E-state index contributed by atoms with van der Waals surface area (Å²) in [5.41, 5.74) is 2.41. The lowest BCUT2D eigenvalue weighted by molar-refractivity contribution is -0.151. The van der Waals surface area contributed by atoms with Crippen LogP contribution in [0.3, 0.4) is 0 Å². The highest BCUT2D eigenvalue weighted by molar-refractivity contribution is 6.25. The Morgan fingerprint density at radius 2 is 2.00 bits per heavy atom. The molecule has 0 bridgehead atoms. The van der Waals surface area contributed by atoms with Crippen LogP contribution in [0.5, 0.6) is 0 Å². The molecule has 1 aliphatic heterocycles. The second-order valence-electron chi connectivity index (χ2n) is 6.23. The third kappa shape index (κ3) is 3.60. The minimum Gasteiger partial charge on any atom is -0.343 e. The van der Waals surface area contributed by atoms with Crippen molar-refractivity contribution in [2.45, 2.75) is 64.5 Å². The fourth-order valence-electron chi connectivity index (χ4n) is 3.47. The standard InChI is InChI=1S/C16H25ClN2O2/c1-3-13-16(21)19(10-11(2)9-17)14(15(20)18-13)12-7-5-4-6-8-12/h9,12-14H,3-8,10H2,1-2H3,(H,18,20). The van der Waals surface area contributed by atoms with E-state index in [1.165, 1.54) is 12.0 Å². The summed E-state index contributed by atoms with van der Waals surface area (Å²) in [5.74, 6) is 0.324. The topological polar surface area (TPSA) is 49.4 Å². The zero-order chi connectivity index (χ0) is 15.4. The molecule has 2 aliphatic rings. The molecule has 5 heteroatoms. The van der Waals surface area contributed by atoms with E-state index in [2.05, 4.69) is 5.32 Å². The van der Waals surface area contributed by atoms with Crippen LogP contribution in [0.15, 0.2) is 11.1 Å². The van der Waals surface area contributed by atoms with Gasteiger partial charge in [0.15, 0.2) is 0 Å². The Morgan fingerprint density at radius 1 is 1.33 bits per heavy atom. The Kier molecular flexibility index (Phi) is 5.68. The molecule has 118 valence electrons. The summed E-state index contributed by atoms with van der Waals surface area (Å²) in [5, 5.41) is 2.90. The van der Waals surface area contributed by atoms with Crippen molar-refractivity contribution < 1.29 is 9.59 Å². The van der Waals surface area contributed by atoms with Crippen molar-refractivity contribution in [1.29, 1.82) is 0 Å². The van der Waals surface area contributed by atoms with E-state index in [1.807, 2.05) is 13.8 Å². The Morgan fingerprint density at radius 3 is 2.57 bits per heavy atom. The van der Waals surface area contributed by atoms with E-state index in [0.29, 0.717) is 13.0 Å². The van der Waals surface area contributed by atoms with Crippen LogP contribution < -0.4 is 5.32 Å². The van der Waals surface area contributed by atoms with Crippen LogP contribution >= 0.6 is 11.6 Å².